The van der Waals surface area contributed by atoms with Crippen LogP contribution in [0.25, 0.3) is 0 Å². The van der Waals surface area contributed by atoms with Gasteiger partial charge in [0, 0.05) is 29.9 Å². The highest BCUT2D eigenvalue weighted by molar-refractivity contribution is 7.91. The van der Waals surface area contributed by atoms with Crippen LogP contribution in [0.4, 0.5) is 11.4 Å². The molecule has 0 fully saturated rings. The molecule has 0 saturated carbocycles. The zero-order chi connectivity index (χ0) is 22.6. The number of benzene rings is 3. The Hall–Kier alpha value is -3.45. The fraction of sp³-hybridized carbons (Fsp3) is 0.200. The first-order valence-corrected chi connectivity index (χ1v) is 12.2. The summed E-state index contributed by atoms with van der Waals surface area (Å²) in [6, 6.07) is 22.7. The van der Waals surface area contributed by atoms with Crippen molar-refractivity contribution in [3.8, 4) is 0 Å². The molecule has 164 valence electrons. The first kappa shape index (κ1) is 21.8. The fourth-order valence-corrected chi connectivity index (χ4v) is 5.08. The molecule has 0 radical (unpaired) electrons. The molecule has 1 aliphatic heterocycles. The molecule has 4 rings (SSSR count). The number of nitrogens with zero attached hydrogens (tertiary/aromatic N) is 1. The van der Waals surface area contributed by atoms with Gasteiger partial charge in [-0.1, -0.05) is 36.4 Å². The lowest BCUT2D eigenvalue weighted by molar-refractivity contribution is -0.115. The summed E-state index contributed by atoms with van der Waals surface area (Å²) < 4.78 is 24.8. The SMILES string of the molecule is O=C(CCS(=O)(=O)c1ccccc1)Nc1ccc2c(c1)CCCN2C(=O)c1ccccc1. The summed E-state index contributed by atoms with van der Waals surface area (Å²) in [7, 11) is -3.51. The van der Waals surface area contributed by atoms with Crippen LogP contribution in [0.2, 0.25) is 0 Å². The number of nitrogens with one attached hydrogen (secondary N) is 1. The molecule has 0 bridgehead atoms. The molecule has 0 atom stereocenters. The molecule has 0 aliphatic carbocycles. The summed E-state index contributed by atoms with van der Waals surface area (Å²) in [4.78, 5) is 27.3. The van der Waals surface area contributed by atoms with Crippen LogP contribution in [0.5, 0.6) is 0 Å². The number of hydrogen-bond donors (Lipinski definition) is 1. The highest BCUT2D eigenvalue weighted by Gasteiger charge is 2.24. The summed E-state index contributed by atoms with van der Waals surface area (Å²) in [5.41, 5.74) is 3.06. The molecule has 32 heavy (non-hydrogen) atoms. The van der Waals surface area contributed by atoms with Crippen LogP contribution in [0.3, 0.4) is 0 Å². The summed E-state index contributed by atoms with van der Waals surface area (Å²) in [6.45, 7) is 0.643. The Bertz CT molecular complexity index is 1230. The summed E-state index contributed by atoms with van der Waals surface area (Å²) >= 11 is 0. The summed E-state index contributed by atoms with van der Waals surface area (Å²) in [6.07, 6.45) is 1.51. The van der Waals surface area contributed by atoms with E-state index in [1.807, 2.05) is 30.3 Å². The number of amides is 2. The molecule has 2 amide bonds. The van der Waals surface area contributed by atoms with E-state index >= 15 is 0 Å². The third kappa shape index (κ3) is 4.89. The molecule has 1 heterocycles. The van der Waals surface area contributed by atoms with Crippen molar-refractivity contribution in [2.45, 2.75) is 24.2 Å². The van der Waals surface area contributed by atoms with E-state index in [1.165, 1.54) is 12.1 Å². The molecule has 7 heteroatoms. The van der Waals surface area contributed by atoms with Gasteiger partial charge in [-0.05, 0) is 60.9 Å². The van der Waals surface area contributed by atoms with Gasteiger partial charge >= 0.3 is 0 Å². The van der Waals surface area contributed by atoms with Gasteiger partial charge in [-0.25, -0.2) is 8.42 Å². The largest absolute Gasteiger partial charge is 0.326 e. The van der Waals surface area contributed by atoms with E-state index in [0.29, 0.717) is 17.8 Å². The second-order valence-corrected chi connectivity index (χ2v) is 9.81. The molecule has 3 aromatic carbocycles. The van der Waals surface area contributed by atoms with Crippen molar-refractivity contribution in [2.24, 2.45) is 0 Å². The number of fused-ring (bicyclic) bond motifs is 1. The lowest BCUT2D eigenvalue weighted by Crippen LogP contribution is -2.35. The van der Waals surface area contributed by atoms with Crippen LogP contribution in [0.15, 0.2) is 83.8 Å². The highest BCUT2D eigenvalue weighted by atomic mass is 32.2. The molecular formula is C25H24N2O4S. The van der Waals surface area contributed by atoms with Gasteiger partial charge in [0.1, 0.15) is 0 Å². The molecule has 0 saturated heterocycles. The first-order valence-electron chi connectivity index (χ1n) is 10.5. The standard InChI is InChI=1S/C25H24N2O4S/c28-24(15-17-32(30,31)22-11-5-2-6-12-22)26-21-13-14-23-20(18-21)10-7-16-27(23)25(29)19-8-3-1-4-9-19/h1-6,8-9,11-14,18H,7,10,15-17H2,(H,26,28). The molecule has 6 nitrogen and oxygen atoms in total. The number of sulfone groups is 1. The van der Waals surface area contributed by atoms with Crippen LogP contribution in [0.1, 0.15) is 28.8 Å². The minimum atomic E-state index is -3.51. The van der Waals surface area contributed by atoms with Gasteiger partial charge in [0.15, 0.2) is 9.84 Å². The minimum absolute atomic E-state index is 0.0468. The third-order valence-electron chi connectivity index (χ3n) is 5.45. The van der Waals surface area contributed by atoms with Crippen LogP contribution in [-0.2, 0) is 21.1 Å². The molecule has 0 unspecified atom stereocenters. The van der Waals surface area contributed by atoms with Crippen molar-refractivity contribution in [3.63, 3.8) is 0 Å². The Kier molecular flexibility index (Phi) is 6.37. The van der Waals surface area contributed by atoms with Crippen LogP contribution in [0, 0.1) is 0 Å². The summed E-state index contributed by atoms with van der Waals surface area (Å²) in [5, 5.41) is 2.79. The van der Waals surface area contributed by atoms with E-state index in [0.717, 1.165) is 24.1 Å². The van der Waals surface area contributed by atoms with Crippen molar-refractivity contribution in [2.75, 3.05) is 22.5 Å². The van der Waals surface area contributed by atoms with E-state index < -0.39 is 9.84 Å². The number of aryl methyl sites for hydroxylation is 1. The molecule has 3 aromatic rings. The predicted octanol–water partition coefficient (Wildman–Crippen LogP) is 4.08. The van der Waals surface area contributed by atoms with E-state index in [1.54, 1.807) is 41.3 Å². The van der Waals surface area contributed by atoms with Crippen molar-refractivity contribution >= 4 is 33.0 Å². The zero-order valence-corrected chi connectivity index (χ0v) is 18.3. The molecule has 1 aliphatic rings. The predicted molar refractivity (Wildman–Crippen MR) is 125 cm³/mol. The number of rotatable bonds is 6. The fourth-order valence-electron chi connectivity index (χ4n) is 3.82. The number of carbonyl (C=O) groups is 2. The van der Waals surface area contributed by atoms with Crippen molar-refractivity contribution < 1.29 is 18.0 Å². The van der Waals surface area contributed by atoms with E-state index in [9.17, 15) is 18.0 Å². The van der Waals surface area contributed by atoms with Gasteiger partial charge in [0.2, 0.25) is 5.91 Å². The molecular weight excluding hydrogens is 424 g/mol. The normalized spacial score (nSPS) is 13.3. The van der Waals surface area contributed by atoms with Gasteiger partial charge in [0.05, 0.1) is 10.6 Å². The maximum Gasteiger partial charge on any atom is 0.258 e. The van der Waals surface area contributed by atoms with Gasteiger partial charge in [-0.2, -0.15) is 0 Å². The Morgan fingerprint density at radius 2 is 1.59 bits per heavy atom. The number of hydrogen-bond acceptors (Lipinski definition) is 4. The maximum atomic E-state index is 12.9. The molecule has 0 spiro atoms. The van der Waals surface area contributed by atoms with Crippen molar-refractivity contribution in [3.05, 3.63) is 90.0 Å². The third-order valence-corrected chi connectivity index (χ3v) is 7.18. The topological polar surface area (TPSA) is 83.6 Å². The van der Waals surface area contributed by atoms with E-state index in [4.69, 9.17) is 0 Å². The van der Waals surface area contributed by atoms with Crippen LogP contribution in [-0.4, -0.2) is 32.5 Å². The van der Waals surface area contributed by atoms with Gasteiger partial charge in [-0.15, -0.1) is 0 Å². The number of carbonyl (C=O) groups excluding carboxylic acids is 2. The second kappa shape index (κ2) is 9.36. The Labute approximate surface area is 187 Å². The lowest BCUT2D eigenvalue weighted by Gasteiger charge is -2.30. The average molecular weight is 449 g/mol. The lowest BCUT2D eigenvalue weighted by atomic mass is 10.00. The average Bonchev–Trinajstić information content (AvgIpc) is 2.83. The Balaban J connectivity index is 1.43. The van der Waals surface area contributed by atoms with Crippen molar-refractivity contribution in [1.29, 1.82) is 0 Å². The second-order valence-electron chi connectivity index (χ2n) is 7.70. The monoisotopic (exact) mass is 448 g/mol. The van der Waals surface area contributed by atoms with Gasteiger partial charge in [-0.3, -0.25) is 9.59 Å². The molecule has 1 N–H and O–H groups in total. The van der Waals surface area contributed by atoms with Gasteiger partial charge in [0.25, 0.3) is 5.91 Å². The Morgan fingerprint density at radius 1 is 0.906 bits per heavy atom. The molecule has 0 aromatic heterocycles. The van der Waals surface area contributed by atoms with Crippen LogP contribution < -0.4 is 10.2 Å². The highest BCUT2D eigenvalue weighted by Crippen LogP contribution is 2.31. The van der Waals surface area contributed by atoms with E-state index in [-0.39, 0.29) is 28.9 Å². The van der Waals surface area contributed by atoms with E-state index in [2.05, 4.69) is 5.32 Å². The first-order chi connectivity index (χ1) is 15.4. The smallest absolute Gasteiger partial charge is 0.258 e. The Morgan fingerprint density at radius 3 is 2.31 bits per heavy atom. The summed E-state index contributed by atoms with van der Waals surface area (Å²) in [5.74, 6) is -0.667. The number of anilines is 2. The van der Waals surface area contributed by atoms with Crippen molar-refractivity contribution in [1.82, 2.24) is 0 Å². The quantitative estimate of drug-likeness (QED) is 0.616. The zero-order valence-electron chi connectivity index (χ0n) is 17.5. The van der Waals surface area contributed by atoms with Crippen LogP contribution >= 0.6 is 0 Å². The maximum absolute atomic E-state index is 12.9. The minimum Gasteiger partial charge on any atom is -0.326 e. The van der Waals surface area contributed by atoms with Gasteiger partial charge < -0.3 is 10.2 Å².